The zero-order chi connectivity index (χ0) is 18.2. The monoisotopic (exact) mass is 348 g/mol. The Balaban J connectivity index is 3.81. The van der Waals surface area contributed by atoms with Crippen molar-refractivity contribution < 1.29 is 39.5 Å². The van der Waals surface area contributed by atoms with Gasteiger partial charge in [-0.05, 0) is 38.5 Å². The Labute approximate surface area is 141 Å². The molecule has 0 aliphatic rings. The van der Waals surface area contributed by atoms with Crippen molar-refractivity contribution in [3.05, 3.63) is 12.2 Å². The highest BCUT2D eigenvalue weighted by molar-refractivity contribution is 5.91. The summed E-state index contributed by atoms with van der Waals surface area (Å²) in [4.78, 5) is 22.7. The Morgan fingerprint density at radius 3 is 1.46 bits per heavy atom. The van der Waals surface area contributed by atoms with Crippen molar-refractivity contribution >= 4 is 11.9 Å². The van der Waals surface area contributed by atoms with Crippen molar-refractivity contribution in [2.24, 2.45) is 0 Å². The van der Waals surface area contributed by atoms with E-state index >= 15 is 0 Å². The number of hydrogen-bond acceptors (Lipinski definition) is 8. The van der Waals surface area contributed by atoms with Crippen molar-refractivity contribution in [2.45, 2.75) is 50.7 Å². The van der Waals surface area contributed by atoms with E-state index in [2.05, 4.69) is 0 Å². The Hall–Kier alpha value is -1.48. The molecule has 4 N–H and O–H groups in total. The molecule has 0 saturated heterocycles. The van der Waals surface area contributed by atoms with Crippen LogP contribution in [0.15, 0.2) is 12.2 Å². The fraction of sp³-hybridized carbons (Fsp3) is 0.750. The van der Waals surface area contributed by atoms with Gasteiger partial charge < -0.3 is 29.9 Å². The first-order valence-electron chi connectivity index (χ1n) is 8.09. The average Bonchev–Trinajstić information content (AvgIpc) is 2.56. The third-order valence-electron chi connectivity index (χ3n) is 3.08. The number of hydrogen-bond donors (Lipinski definition) is 4. The minimum atomic E-state index is -0.810. The summed E-state index contributed by atoms with van der Waals surface area (Å²) in [6.07, 6.45) is 3.37. The molecule has 0 fully saturated rings. The Morgan fingerprint density at radius 2 is 1.12 bits per heavy atom. The molecule has 0 aromatic carbocycles. The number of aliphatic hydroxyl groups is 4. The van der Waals surface area contributed by atoms with Gasteiger partial charge in [0, 0.05) is 25.4 Å². The summed E-state index contributed by atoms with van der Waals surface area (Å²) in [7, 11) is 0. The van der Waals surface area contributed by atoms with Gasteiger partial charge in [0.15, 0.2) is 0 Å². The summed E-state index contributed by atoms with van der Waals surface area (Å²) in [5.41, 5.74) is 0. The molecular formula is C16H28O8. The van der Waals surface area contributed by atoms with Crippen LogP contribution in [0.4, 0.5) is 0 Å². The topological polar surface area (TPSA) is 134 Å². The lowest BCUT2D eigenvalue weighted by Gasteiger charge is -2.10. The van der Waals surface area contributed by atoms with Gasteiger partial charge in [0.2, 0.25) is 0 Å². The van der Waals surface area contributed by atoms with Crippen LogP contribution in [0.1, 0.15) is 38.5 Å². The zero-order valence-electron chi connectivity index (χ0n) is 13.8. The van der Waals surface area contributed by atoms with Crippen LogP contribution in [0.5, 0.6) is 0 Å². The van der Waals surface area contributed by atoms with Crippen LogP contribution in [-0.2, 0) is 19.1 Å². The first-order chi connectivity index (χ1) is 11.5. The number of aliphatic hydroxyl groups excluding tert-OH is 4. The molecule has 0 bridgehead atoms. The number of rotatable bonds is 14. The number of carbonyl (C=O) groups excluding carboxylic acids is 2. The van der Waals surface area contributed by atoms with E-state index in [4.69, 9.17) is 19.7 Å². The van der Waals surface area contributed by atoms with Crippen molar-refractivity contribution in [2.75, 3.05) is 26.4 Å². The van der Waals surface area contributed by atoms with E-state index < -0.39 is 24.1 Å². The average molecular weight is 348 g/mol. The first kappa shape index (κ1) is 22.5. The lowest BCUT2D eigenvalue weighted by Crippen LogP contribution is -2.19. The van der Waals surface area contributed by atoms with Crippen molar-refractivity contribution in [1.82, 2.24) is 0 Å². The summed E-state index contributed by atoms with van der Waals surface area (Å²) >= 11 is 0. The number of carbonyl (C=O) groups is 2. The van der Waals surface area contributed by atoms with Gasteiger partial charge in [-0.2, -0.15) is 0 Å². The highest BCUT2D eigenvalue weighted by Crippen LogP contribution is 2.02. The van der Waals surface area contributed by atoms with Crippen LogP contribution >= 0.6 is 0 Å². The van der Waals surface area contributed by atoms with E-state index in [1.54, 1.807) is 0 Å². The molecule has 140 valence electrons. The van der Waals surface area contributed by atoms with Gasteiger partial charge in [-0.15, -0.1) is 0 Å². The van der Waals surface area contributed by atoms with E-state index in [0.717, 1.165) is 12.2 Å². The normalized spacial score (nSPS) is 13.7. The minimum absolute atomic E-state index is 0.0491. The molecule has 0 rings (SSSR count). The van der Waals surface area contributed by atoms with Gasteiger partial charge in [-0.1, -0.05) is 0 Å². The highest BCUT2D eigenvalue weighted by atomic mass is 16.5. The summed E-state index contributed by atoms with van der Waals surface area (Å²) in [6, 6.07) is 0. The second kappa shape index (κ2) is 15.1. The summed E-state index contributed by atoms with van der Waals surface area (Å²) in [6.45, 7) is -0.276. The lowest BCUT2D eigenvalue weighted by atomic mass is 10.2. The molecule has 0 aromatic heterocycles. The fourth-order valence-corrected chi connectivity index (χ4v) is 1.74. The molecule has 0 saturated carbocycles. The highest BCUT2D eigenvalue weighted by Gasteiger charge is 2.09. The Morgan fingerprint density at radius 1 is 0.750 bits per heavy atom. The Bertz CT molecular complexity index is 335. The fourth-order valence-electron chi connectivity index (χ4n) is 1.74. The van der Waals surface area contributed by atoms with Crippen LogP contribution in [0, 0.1) is 0 Å². The molecule has 0 aliphatic heterocycles. The van der Waals surface area contributed by atoms with E-state index in [1.165, 1.54) is 0 Å². The standard InChI is InChI=1S/C16H28O8/c17-9-3-1-5-13(19)11-23-15(21)7-8-16(22)24-12-14(20)6-2-4-10-18/h7-8,13-14,17-20H,1-6,9-12H2. The molecule has 0 amide bonds. The summed E-state index contributed by atoms with van der Waals surface area (Å²) < 4.78 is 9.51. The third kappa shape index (κ3) is 14.1. The smallest absolute Gasteiger partial charge is 0.331 e. The molecule has 2 unspecified atom stereocenters. The van der Waals surface area contributed by atoms with Crippen LogP contribution in [0.25, 0.3) is 0 Å². The van der Waals surface area contributed by atoms with Crippen LogP contribution in [0.3, 0.4) is 0 Å². The molecule has 0 radical (unpaired) electrons. The maximum atomic E-state index is 11.4. The van der Waals surface area contributed by atoms with Gasteiger partial charge in [0.25, 0.3) is 0 Å². The van der Waals surface area contributed by atoms with E-state index in [-0.39, 0.29) is 26.4 Å². The van der Waals surface area contributed by atoms with E-state index in [1.807, 2.05) is 0 Å². The van der Waals surface area contributed by atoms with Gasteiger partial charge in [-0.3, -0.25) is 0 Å². The van der Waals surface area contributed by atoms with Gasteiger partial charge in [0.05, 0.1) is 12.2 Å². The molecule has 0 aliphatic carbocycles. The molecule has 8 nitrogen and oxygen atoms in total. The maximum Gasteiger partial charge on any atom is 0.331 e. The molecular weight excluding hydrogens is 320 g/mol. The van der Waals surface area contributed by atoms with Crippen molar-refractivity contribution in [3.63, 3.8) is 0 Å². The third-order valence-corrected chi connectivity index (χ3v) is 3.08. The second-order valence-electron chi connectivity index (χ2n) is 5.34. The quantitative estimate of drug-likeness (QED) is 0.191. The van der Waals surface area contributed by atoms with Crippen LogP contribution in [0.2, 0.25) is 0 Å². The lowest BCUT2D eigenvalue weighted by molar-refractivity contribution is -0.143. The molecule has 2 atom stereocenters. The molecule has 0 aromatic rings. The molecule has 24 heavy (non-hydrogen) atoms. The predicted octanol–water partition coefficient (Wildman–Crippen LogP) is -0.324. The van der Waals surface area contributed by atoms with Gasteiger partial charge in [-0.25, -0.2) is 9.59 Å². The number of ether oxygens (including phenoxy) is 2. The Kier molecular flexibility index (Phi) is 14.1. The summed E-state index contributed by atoms with van der Waals surface area (Å²) in [5, 5.41) is 36.2. The van der Waals surface area contributed by atoms with Crippen molar-refractivity contribution in [3.8, 4) is 0 Å². The van der Waals surface area contributed by atoms with Gasteiger partial charge in [0.1, 0.15) is 13.2 Å². The number of unbranched alkanes of at least 4 members (excludes halogenated alkanes) is 2. The molecule has 0 spiro atoms. The van der Waals surface area contributed by atoms with Crippen LogP contribution in [-0.4, -0.2) is 71.0 Å². The maximum absolute atomic E-state index is 11.4. The predicted molar refractivity (Wildman–Crippen MR) is 84.9 cm³/mol. The number of esters is 2. The second-order valence-corrected chi connectivity index (χ2v) is 5.34. The van der Waals surface area contributed by atoms with E-state index in [9.17, 15) is 19.8 Å². The van der Waals surface area contributed by atoms with E-state index in [0.29, 0.717) is 38.5 Å². The zero-order valence-corrected chi connectivity index (χ0v) is 13.8. The SMILES string of the molecule is O=C(C=CC(=O)OCC(O)CCCCO)OCC(O)CCCCO. The summed E-state index contributed by atoms with van der Waals surface area (Å²) in [5.74, 6) is -1.56. The largest absolute Gasteiger partial charge is 0.460 e. The van der Waals surface area contributed by atoms with Crippen LogP contribution < -0.4 is 0 Å². The van der Waals surface area contributed by atoms with Crippen molar-refractivity contribution in [1.29, 1.82) is 0 Å². The molecule has 8 heteroatoms. The first-order valence-corrected chi connectivity index (χ1v) is 8.09. The van der Waals surface area contributed by atoms with Gasteiger partial charge >= 0.3 is 11.9 Å². The minimum Gasteiger partial charge on any atom is -0.460 e. The molecule has 0 heterocycles.